The van der Waals surface area contributed by atoms with E-state index in [1.54, 1.807) is 24.3 Å². The lowest BCUT2D eigenvalue weighted by Crippen LogP contribution is -2.38. The van der Waals surface area contributed by atoms with Gasteiger partial charge in [0.25, 0.3) is 0 Å². The van der Waals surface area contributed by atoms with E-state index in [2.05, 4.69) is 19.8 Å². The maximum absolute atomic E-state index is 12.6. The van der Waals surface area contributed by atoms with Crippen molar-refractivity contribution in [1.82, 2.24) is 15.1 Å². The number of nitrogens with zero attached hydrogens (tertiary/aromatic N) is 4. The summed E-state index contributed by atoms with van der Waals surface area (Å²) in [5, 5.41) is 8.49. The van der Waals surface area contributed by atoms with Crippen molar-refractivity contribution in [3.8, 4) is 11.4 Å². The van der Waals surface area contributed by atoms with E-state index in [9.17, 15) is 13.2 Å². The molecule has 0 spiro atoms. The number of hydrogen-bond donors (Lipinski definition) is 2. The average molecular weight is 390 g/mol. The molecule has 28 heavy (non-hydrogen) atoms. The second kappa shape index (κ2) is 7.69. The molecule has 2 aromatic carbocycles. The molecule has 1 aromatic heterocycles. The van der Waals surface area contributed by atoms with Gasteiger partial charge in [-0.15, -0.1) is 0 Å². The van der Waals surface area contributed by atoms with Gasteiger partial charge >= 0.3 is 12.1 Å². The minimum Gasteiger partial charge on any atom is -0.329 e. The maximum Gasteiger partial charge on any atom is 0.471 e. The summed E-state index contributed by atoms with van der Waals surface area (Å²) in [4.78, 5) is 3.36. The van der Waals surface area contributed by atoms with E-state index < -0.39 is 12.1 Å². The van der Waals surface area contributed by atoms with Crippen molar-refractivity contribution in [2.24, 2.45) is 16.8 Å². The molecule has 146 valence electrons. The van der Waals surface area contributed by atoms with Crippen LogP contribution >= 0.6 is 0 Å². The molecule has 0 saturated carbocycles. The summed E-state index contributed by atoms with van der Waals surface area (Å²) in [6, 6.07) is 14.1. The maximum atomic E-state index is 12.6. The van der Waals surface area contributed by atoms with E-state index in [1.165, 1.54) is 5.01 Å². The van der Waals surface area contributed by atoms with Gasteiger partial charge in [-0.3, -0.25) is 5.01 Å². The Balaban J connectivity index is 1.73. The van der Waals surface area contributed by atoms with E-state index in [0.717, 1.165) is 16.7 Å². The number of hydrazone groups is 1. The van der Waals surface area contributed by atoms with Crippen LogP contribution in [0.15, 0.2) is 58.2 Å². The van der Waals surface area contributed by atoms with Gasteiger partial charge in [0.05, 0.1) is 6.54 Å². The van der Waals surface area contributed by atoms with E-state index in [-0.39, 0.29) is 12.4 Å². The van der Waals surface area contributed by atoms with Gasteiger partial charge in [0.15, 0.2) is 5.84 Å². The predicted molar refractivity (Wildman–Crippen MR) is 96.4 cm³/mol. The Morgan fingerprint density at radius 2 is 1.75 bits per heavy atom. The van der Waals surface area contributed by atoms with Crippen LogP contribution in [0, 0.1) is 6.92 Å². The number of aromatic nitrogens is 2. The number of nitrogens with two attached hydrogens (primary N) is 2. The molecule has 3 rings (SSSR count). The van der Waals surface area contributed by atoms with Crippen LogP contribution < -0.4 is 11.7 Å². The van der Waals surface area contributed by atoms with Gasteiger partial charge in [-0.05, 0) is 12.5 Å². The zero-order valence-electron chi connectivity index (χ0n) is 14.8. The molecule has 0 aliphatic heterocycles. The number of aryl methyl sites for hydroxylation is 1. The fraction of sp³-hybridized carbons (Fsp3) is 0.167. The Labute approximate surface area is 158 Å². The van der Waals surface area contributed by atoms with Crippen molar-refractivity contribution in [2.75, 3.05) is 0 Å². The molecule has 0 aliphatic rings. The van der Waals surface area contributed by atoms with Crippen molar-refractivity contribution in [1.29, 1.82) is 0 Å². The quantitative estimate of drug-likeness (QED) is 0.307. The third-order valence-corrected chi connectivity index (χ3v) is 3.94. The van der Waals surface area contributed by atoms with Crippen molar-refractivity contribution in [3.63, 3.8) is 0 Å². The van der Waals surface area contributed by atoms with Crippen LogP contribution in [0.3, 0.4) is 0 Å². The Kier molecular flexibility index (Phi) is 5.32. The predicted octanol–water partition coefficient (Wildman–Crippen LogP) is 3.06. The third-order valence-electron chi connectivity index (χ3n) is 3.94. The van der Waals surface area contributed by atoms with Crippen LogP contribution in [-0.4, -0.2) is 21.0 Å². The van der Waals surface area contributed by atoms with Crippen molar-refractivity contribution >= 4 is 5.84 Å². The Morgan fingerprint density at radius 3 is 2.29 bits per heavy atom. The van der Waals surface area contributed by atoms with Gasteiger partial charge in [-0.25, -0.2) is 5.84 Å². The van der Waals surface area contributed by atoms with E-state index in [0.29, 0.717) is 11.4 Å². The summed E-state index contributed by atoms with van der Waals surface area (Å²) in [6.07, 6.45) is -4.68. The number of rotatable bonds is 4. The fourth-order valence-electron chi connectivity index (χ4n) is 2.50. The molecule has 0 atom stereocenters. The zero-order valence-corrected chi connectivity index (χ0v) is 14.8. The molecule has 0 saturated heterocycles. The normalized spacial score (nSPS) is 12.2. The van der Waals surface area contributed by atoms with Crippen molar-refractivity contribution < 1.29 is 17.7 Å². The SMILES string of the molecule is Cc1ccc(/C(=N/N)N(N)Cc2ccc(-c3noc(C(F)(F)F)n3)cc2)cc1. The van der Waals surface area contributed by atoms with Gasteiger partial charge in [-0.1, -0.05) is 59.3 Å². The highest BCUT2D eigenvalue weighted by atomic mass is 19.4. The highest BCUT2D eigenvalue weighted by Crippen LogP contribution is 2.29. The molecule has 3 aromatic rings. The van der Waals surface area contributed by atoms with E-state index >= 15 is 0 Å². The monoisotopic (exact) mass is 390 g/mol. The van der Waals surface area contributed by atoms with Gasteiger partial charge in [-0.2, -0.15) is 23.3 Å². The third kappa shape index (κ3) is 4.29. The average Bonchev–Trinajstić information content (AvgIpc) is 3.15. The second-order valence-electron chi connectivity index (χ2n) is 6.06. The van der Waals surface area contributed by atoms with Gasteiger partial charge in [0.1, 0.15) is 0 Å². The molecule has 0 fully saturated rings. The number of benzene rings is 2. The molecule has 0 bridgehead atoms. The van der Waals surface area contributed by atoms with Crippen LogP contribution in [0.4, 0.5) is 13.2 Å². The molecule has 0 unspecified atom stereocenters. The summed E-state index contributed by atoms with van der Waals surface area (Å²) in [5.41, 5.74) is 3.03. The molecule has 4 N–H and O–H groups in total. The molecule has 10 heteroatoms. The van der Waals surface area contributed by atoms with Crippen LogP contribution in [0.25, 0.3) is 11.4 Å². The Morgan fingerprint density at radius 1 is 1.11 bits per heavy atom. The van der Waals surface area contributed by atoms with Crippen LogP contribution in [0.5, 0.6) is 0 Å². The van der Waals surface area contributed by atoms with Gasteiger partial charge in [0.2, 0.25) is 5.82 Å². The highest BCUT2D eigenvalue weighted by molar-refractivity contribution is 5.98. The molecule has 0 amide bonds. The number of amidine groups is 1. The minimum absolute atomic E-state index is 0.146. The van der Waals surface area contributed by atoms with Crippen LogP contribution in [0.1, 0.15) is 22.6 Å². The summed E-state index contributed by atoms with van der Waals surface area (Å²) in [5.74, 6) is 10.4. The first-order chi connectivity index (χ1) is 13.3. The summed E-state index contributed by atoms with van der Waals surface area (Å²) < 4.78 is 41.9. The smallest absolute Gasteiger partial charge is 0.329 e. The Bertz CT molecular complexity index is 964. The Hall–Kier alpha value is -3.40. The van der Waals surface area contributed by atoms with Crippen molar-refractivity contribution in [2.45, 2.75) is 19.6 Å². The highest BCUT2D eigenvalue weighted by Gasteiger charge is 2.38. The number of halogens is 3. The topological polar surface area (TPSA) is 107 Å². The summed E-state index contributed by atoms with van der Waals surface area (Å²) >= 11 is 0. The van der Waals surface area contributed by atoms with Crippen molar-refractivity contribution in [3.05, 3.63) is 71.1 Å². The van der Waals surface area contributed by atoms with Gasteiger partial charge < -0.3 is 10.4 Å². The number of hydrogen-bond acceptors (Lipinski definition) is 6. The first-order valence-corrected chi connectivity index (χ1v) is 8.15. The largest absolute Gasteiger partial charge is 0.471 e. The van der Waals surface area contributed by atoms with E-state index in [1.807, 2.05) is 31.2 Å². The number of hydrazine groups is 1. The van der Waals surface area contributed by atoms with Crippen LogP contribution in [0.2, 0.25) is 0 Å². The summed E-state index contributed by atoms with van der Waals surface area (Å²) in [7, 11) is 0. The number of alkyl halides is 3. The lowest BCUT2D eigenvalue weighted by molar-refractivity contribution is -0.159. The van der Waals surface area contributed by atoms with E-state index in [4.69, 9.17) is 11.7 Å². The first-order valence-electron chi connectivity index (χ1n) is 8.15. The lowest BCUT2D eigenvalue weighted by Gasteiger charge is -2.20. The minimum atomic E-state index is -4.68. The fourth-order valence-corrected chi connectivity index (χ4v) is 2.50. The second-order valence-corrected chi connectivity index (χ2v) is 6.06. The molecule has 0 radical (unpaired) electrons. The first kappa shape index (κ1) is 19.4. The summed E-state index contributed by atoms with van der Waals surface area (Å²) in [6.45, 7) is 2.25. The molecule has 7 nitrogen and oxygen atoms in total. The lowest BCUT2D eigenvalue weighted by atomic mass is 10.1. The van der Waals surface area contributed by atoms with Crippen LogP contribution in [-0.2, 0) is 12.7 Å². The molecular weight excluding hydrogens is 373 g/mol. The van der Waals surface area contributed by atoms with Gasteiger partial charge in [0, 0.05) is 11.1 Å². The standard InChI is InChI=1S/C18H17F3N6O/c1-11-2-6-14(7-3-11)16(25-22)27(23)10-12-4-8-13(9-5-12)15-24-17(28-26-15)18(19,20)21/h2-9H,10,22-23H2,1H3/b25-16-. The molecular formula is C18H17F3N6O. The zero-order chi connectivity index (χ0) is 20.3. The molecule has 0 aliphatic carbocycles. The molecule has 1 heterocycles.